The number of hydrogen-bond acceptors (Lipinski definition) is 3. The molecule has 1 unspecified atom stereocenters. The number of aryl methyl sites for hydroxylation is 2. The predicted molar refractivity (Wildman–Crippen MR) is 61.8 cm³/mol. The molecule has 1 amide bonds. The van der Waals surface area contributed by atoms with Gasteiger partial charge in [0, 0.05) is 0 Å². The number of carbonyl (C=O) groups is 1. The lowest BCUT2D eigenvalue weighted by molar-refractivity contribution is -0.120. The molecule has 16 heavy (non-hydrogen) atoms. The topological polar surface area (TPSA) is 55.1 Å². The van der Waals surface area contributed by atoms with Crippen molar-refractivity contribution in [3.63, 3.8) is 0 Å². The Kier molecular flexibility index (Phi) is 2.48. The Balaban J connectivity index is 2.16. The molecule has 0 radical (unpaired) electrons. The molecule has 0 saturated heterocycles. The molecular weight excluding hydrogens is 251 g/mol. The molecule has 0 spiro atoms. The molecule has 1 fully saturated rings. The monoisotopic (exact) mass is 262 g/mol. The highest BCUT2D eigenvalue weighted by Gasteiger charge is 2.68. The Morgan fingerprint density at radius 2 is 2.06 bits per heavy atom. The molecule has 4 nitrogen and oxygen atoms in total. The Labute approximate surface area is 103 Å². The van der Waals surface area contributed by atoms with E-state index in [1.54, 1.807) is 20.8 Å². The van der Waals surface area contributed by atoms with Crippen molar-refractivity contribution in [2.45, 2.75) is 31.5 Å². The third-order valence-corrected chi connectivity index (χ3v) is 4.13. The minimum absolute atomic E-state index is 0.202. The first-order valence-corrected chi connectivity index (χ1v) is 5.66. The van der Waals surface area contributed by atoms with Crippen LogP contribution in [0.15, 0.2) is 4.52 Å². The fourth-order valence-corrected chi connectivity index (χ4v) is 2.27. The maximum Gasteiger partial charge on any atom is 0.233 e. The van der Waals surface area contributed by atoms with Crippen molar-refractivity contribution in [1.29, 1.82) is 0 Å². The fraction of sp³-hybridized carbons (Fsp3) is 0.600. The molecule has 0 aromatic carbocycles. The van der Waals surface area contributed by atoms with Crippen LogP contribution in [-0.2, 0) is 4.79 Å². The average Bonchev–Trinajstić information content (AvgIpc) is 2.55. The van der Waals surface area contributed by atoms with Gasteiger partial charge >= 0.3 is 0 Å². The number of alkyl halides is 2. The Hall–Kier alpha value is -0.740. The first-order valence-electron chi connectivity index (χ1n) is 4.90. The van der Waals surface area contributed by atoms with E-state index in [9.17, 15) is 4.79 Å². The van der Waals surface area contributed by atoms with E-state index in [2.05, 4.69) is 10.5 Å². The van der Waals surface area contributed by atoms with Gasteiger partial charge in [0.1, 0.15) is 15.7 Å². The smallest absolute Gasteiger partial charge is 0.233 e. The second-order valence-corrected chi connectivity index (χ2v) is 5.85. The van der Waals surface area contributed by atoms with Crippen molar-refractivity contribution < 1.29 is 9.32 Å². The summed E-state index contributed by atoms with van der Waals surface area (Å²) >= 11 is 11.9. The third kappa shape index (κ3) is 1.60. The van der Waals surface area contributed by atoms with Gasteiger partial charge in [-0.25, -0.2) is 0 Å². The number of anilines is 1. The van der Waals surface area contributed by atoms with Gasteiger partial charge in [-0.3, -0.25) is 4.79 Å². The fourth-order valence-electron chi connectivity index (χ4n) is 1.56. The number of nitrogens with one attached hydrogen (secondary N) is 1. The van der Waals surface area contributed by atoms with Crippen molar-refractivity contribution in [3.05, 3.63) is 11.5 Å². The van der Waals surface area contributed by atoms with Crippen LogP contribution in [0.2, 0.25) is 0 Å². The second kappa shape index (κ2) is 3.37. The molecule has 1 saturated carbocycles. The maximum atomic E-state index is 12.0. The largest absolute Gasteiger partial charge is 0.359 e. The van der Waals surface area contributed by atoms with Crippen LogP contribution < -0.4 is 5.32 Å². The number of halogens is 2. The highest BCUT2D eigenvalue weighted by atomic mass is 35.5. The SMILES string of the molecule is Cc1noc(C)c1NC(=O)C1(C)CC1(Cl)Cl. The van der Waals surface area contributed by atoms with E-state index in [1.807, 2.05) is 0 Å². The van der Waals surface area contributed by atoms with E-state index in [0.717, 1.165) is 0 Å². The van der Waals surface area contributed by atoms with E-state index < -0.39 is 9.75 Å². The van der Waals surface area contributed by atoms with E-state index in [4.69, 9.17) is 27.7 Å². The van der Waals surface area contributed by atoms with E-state index in [-0.39, 0.29) is 5.91 Å². The van der Waals surface area contributed by atoms with Crippen LogP contribution in [-0.4, -0.2) is 15.4 Å². The highest BCUT2D eigenvalue weighted by molar-refractivity contribution is 6.53. The summed E-state index contributed by atoms with van der Waals surface area (Å²) in [7, 11) is 0. The van der Waals surface area contributed by atoms with Crippen LogP contribution >= 0.6 is 23.2 Å². The van der Waals surface area contributed by atoms with E-state index >= 15 is 0 Å². The van der Waals surface area contributed by atoms with E-state index in [0.29, 0.717) is 23.6 Å². The number of nitrogens with zero attached hydrogens (tertiary/aromatic N) is 1. The predicted octanol–water partition coefficient (Wildman–Crippen LogP) is 2.81. The summed E-state index contributed by atoms with van der Waals surface area (Å²) in [5.41, 5.74) is 0.513. The van der Waals surface area contributed by atoms with Crippen molar-refractivity contribution in [2.75, 3.05) is 5.32 Å². The van der Waals surface area contributed by atoms with Crippen LogP contribution in [0.25, 0.3) is 0 Å². The summed E-state index contributed by atoms with van der Waals surface area (Å²) in [6.07, 6.45) is 0.457. The summed E-state index contributed by atoms with van der Waals surface area (Å²) in [6, 6.07) is 0. The number of hydrogen-bond donors (Lipinski definition) is 1. The first kappa shape index (κ1) is 11.7. The van der Waals surface area contributed by atoms with E-state index in [1.165, 1.54) is 0 Å². The minimum Gasteiger partial charge on any atom is -0.359 e. The van der Waals surface area contributed by atoms with Crippen molar-refractivity contribution >= 4 is 34.8 Å². The zero-order chi connectivity index (χ0) is 12.1. The molecule has 1 aromatic rings. The lowest BCUT2D eigenvalue weighted by Gasteiger charge is -2.11. The van der Waals surface area contributed by atoms with Gasteiger partial charge in [-0.1, -0.05) is 5.16 Å². The van der Waals surface area contributed by atoms with Crippen LogP contribution in [0.3, 0.4) is 0 Å². The van der Waals surface area contributed by atoms with Crippen molar-refractivity contribution in [1.82, 2.24) is 5.16 Å². The summed E-state index contributed by atoms with van der Waals surface area (Å²) < 4.78 is 3.99. The molecule has 1 atom stereocenters. The number of aromatic nitrogens is 1. The van der Waals surface area contributed by atoms with Crippen LogP contribution in [0.5, 0.6) is 0 Å². The summed E-state index contributed by atoms with van der Waals surface area (Å²) in [5, 5.41) is 6.50. The average molecular weight is 263 g/mol. The summed E-state index contributed by atoms with van der Waals surface area (Å²) in [6.45, 7) is 5.23. The van der Waals surface area contributed by atoms with Crippen LogP contribution in [0, 0.1) is 19.3 Å². The molecule has 2 rings (SSSR count). The van der Waals surface area contributed by atoms with Crippen molar-refractivity contribution in [3.8, 4) is 0 Å². The van der Waals surface area contributed by atoms with Gasteiger partial charge in [0.15, 0.2) is 5.76 Å². The van der Waals surface area contributed by atoms with Gasteiger partial charge in [-0.2, -0.15) is 0 Å². The Bertz CT molecular complexity index is 436. The molecule has 6 heteroatoms. The molecule has 1 N–H and O–H groups in total. The normalized spacial score (nSPS) is 26.6. The first-order chi connectivity index (χ1) is 7.28. The van der Waals surface area contributed by atoms with Gasteiger partial charge in [-0.05, 0) is 27.2 Å². The molecule has 1 heterocycles. The quantitative estimate of drug-likeness (QED) is 0.834. The molecule has 1 aliphatic rings. The van der Waals surface area contributed by atoms with Crippen LogP contribution in [0.1, 0.15) is 24.8 Å². The Morgan fingerprint density at radius 3 is 2.44 bits per heavy atom. The van der Waals surface area contributed by atoms with Crippen LogP contribution in [0.4, 0.5) is 5.69 Å². The molecule has 1 aromatic heterocycles. The lowest BCUT2D eigenvalue weighted by atomic mass is 10.1. The minimum atomic E-state index is -0.962. The standard InChI is InChI=1S/C10H12Cl2N2O2/c1-5-7(6(2)16-14-5)13-8(15)9(3)4-10(9,11)12/h4H2,1-3H3,(H,13,15). The van der Waals surface area contributed by atoms with Gasteiger partial charge in [0.25, 0.3) is 0 Å². The zero-order valence-corrected chi connectivity index (χ0v) is 10.7. The zero-order valence-electron chi connectivity index (χ0n) is 9.23. The van der Waals surface area contributed by atoms with Gasteiger partial charge in [0.2, 0.25) is 5.91 Å². The summed E-state index contributed by atoms with van der Waals surface area (Å²) in [5.74, 6) is 0.372. The number of rotatable bonds is 2. The van der Waals surface area contributed by atoms with Gasteiger partial charge in [0.05, 0.1) is 5.41 Å². The Morgan fingerprint density at radius 1 is 1.50 bits per heavy atom. The highest BCUT2D eigenvalue weighted by Crippen LogP contribution is 2.64. The second-order valence-electron chi connectivity index (χ2n) is 4.37. The van der Waals surface area contributed by atoms with Gasteiger partial charge < -0.3 is 9.84 Å². The molecule has 0 bridgehead atoms. The number of amides is 1. The maximum absolute atomic E-state index is 12.0. The molecule has 88 valence electrons. The van der Waals surface area contributed by atoms with Crippen molar-refractivity contribution in [2.24, 2.45) is 5.41 Å². The number of carbonyl (C=O) groups excluding carboxylic acids is 1. The summed E-state index contributed by atoms with van der Waals surface area (Å²) in [4.78, 5) is 12.0. The lowest BCUT2D eigenvalue weighted by Crippen LogP contribution is -2.26. The van der Waals surface area contributed by atoms with Gasteiger partial charge in [-0.15, -0.1) is 23.2 Å². The third-order valence-electron chi connectivity index (χ3n) is 3.03. The molecule has 0 aliphatic heterocycles. The molecular formula is C10H12Cl2N2O2. The molecule has 1 aliphatic carbocycles.